The van der Waals surface area contributed by atoms with Crippen molar-refractivity contribution in [1.29, 1.82) is 0 Å². The molecular formula is C136H82N12OS. The van der Waals surface area contributed by atoms with Gasteiger partial charge in [0.1, 0.15) is 33.8 Å². The highest BCUT2D eigenvalue weighted by molar-refractivity contribution is 7.25. The fourth-order valence-corrected chi connectivity index (χ4v) is 24.1. The average Bonchev–Trinajstić information content (AvgIpc) is 1.55. The van der Waals surface area contributed by atoms with Crippen LogP contribution in [0.5, 0.6) is 0 Å². The molecule has 0 atom stereocenters. The molecule has 19 aromatic carbocycles. The molecule has 698 valence electrons. The molecule has 150 heavy (non-hydrogen) atoms. The first kappa shape index (κ1) is 85.5. The van der Waals surface area contributed by atoms with E-state index in [0.717, 1.165) is 161 Å². The Kier molecular flexibility index (Phi) is 19.9. The molecule has 14 aromatic heterocycles. The summed E-state index contributed by atoms with van der Waals surface area (Å²) in [4.78, 5) is 39.2. The van der Waals surface area contributed by atoms with Crippen LogP contribution >= 0.6 is 11.3 Å². The van der Waals surface area contributed by atoms with Crippen LogP contribution < -0.4 is 0 Å². The van der Waals surface area contributed by atoms with Crippen LogP contribution in [0.1, 0.15) is 0 Å². The molecule has 0 spiro atoms. The molecule has 0 amide bonds. The number of hydrogen-bond donors (Lipinski definition) is 0. The Hall–Kier alpha value is -20.1. The van der Waals surface area contributed by atoms with E-state index in [1.807, 2.05) is 84.7 Å². The molecule has 0 saturated carbocycles. The Labute approximate surface area is 860 Å². The first-order valence-corrected chi connectivity index (χ1v) is 51.2. The van der Waals surface area contributed by atoms with Gasteiger partial charge < -0.3 is 4.42 Å². The number of hydrogen-bond acceptors (Lipinski definition) is 10. The lowest BCUT2D eigenvalue weighted by atomic mass is 9.96. The Morgan fingerprint density at radius 2 is 0.520 bits per heavy atom. The van der Waals surface area contributed by atoms with Gasteiger partial charge in [-0.2, -0.15) is 0 Å². The Bertz CT molecular complexity index is 11000. The predicted octanol–water partition coefficient (Wildman–Crippen LogP) is 35.5. The molecular weight excluding hydrogens is 1850 g/mol. The summed E-state index contributed by atoms with van der Waals surface area (Å²) < 4.78 is 17.6. The minimum atomic E-state index is 0.895. The van der Waals surface area contributed by atoms with Crippen molar-refractivity contribution in [3.63, 3.8) is 0 Å². The number of benzene rings is 19. The molecule has 0 fully saturated rings. The van der Waals surface area contributed by atoms with Crippen LogP contribution in [0.4, 0.5) is 0 Å². The van der Waals surface area contributed by atoms with Gasteiger partial charge in [-0.15, -0.1) is 11.3 Å². The summed E-state index contributed by atoms with van der Waals surface area (Å²) in [6.45, 7) is 0. The first-order chi connectivity index (χ1) is 74.3. The fraction of sp³-hybridized carbons (Fsp3) is 0. The van der Waals surface area contributed by atoms with Crippen molar-refractivity contribution < 1.29 is 4.42 Å². The molecule has 33 aromatic rings. The second-order valence-corrected chi connectivity index (χ2v) is 39.5. The lowest BCUT2D eigenvalue weighted by molar-refractivity contribution is 0.669. The van der Waals surface area contributed by atoms with Crippen LogP contribution in [0.3, 0.4) is 0 Å². The van der Waals surface area contributed by atoms with Gasteiger partial charge in [0, 0.05) is 157 Å². The highest BCUT2D eigenvalue weighted by atomic mass is 32.1. The second-order valence-electron chi connectivity index (χ2n) is 38.4. The second kappa shape index (κ2) is 34.9. The van der Waals surface area contributed by atoms with Gasteiger partial charge in [0.2, 0.25) is 0 Å². The van der Waals surface area contributed by atoms with E-state index in [1.165, 1.54) is 134 Å². The molecule has 0 radical (unpaired) electrons. The van der Waals surface area contributed by atoms with Crippen molar-refractivity contribution in [2.45, 2.75) is 0 Å². The normalized spacial score (nSPS) is 11.9. The van der Waals surface area contributed by atoms with Gasteiger partial charge in [-0.1, -0.05) is 309 Å². The zero-order valence-corrected chi connectivity index (χ0v) is 81.3. The van der Waals surface area contributed by atoms with E-state index in [-0.39, 0.29) is 0 Å². The Morgan fingerprint density at radius 3 is 0.980 bits per heavy atom. The molecule has 0 saturated heterocycles. The molecule has 14 heterocycles. The fourth-order valence-electron chi connectivity index (χ4n) is 22.9. The van der Waals surface area contributed by atoms with Crippen molar-refractivity contribution in [2.24, 2.45) is 0 Å². The van der Waals surface area contributed by atoms with Gasteiger partial charge in [0.05, 0.1) is 66.9 Å². The zero-order chi connectivity index (χ0) is 98.5. The summed E-state index contributed by atoms with van der Waals surface area (Å²) in [5, 5.41) is 26.5. The number of para-hydroxylation sites is 1. The molecule has 0 aliphatic heterocycles. The predicted molar refractivity (Wildman–Crippen MR) is 623 cm³/mol. The Balaban J connectivity index is 0.0000000921. The van der Waals surface area contributed by atoms with Crippen molar-refractivity contribution in [1.82, 2.24) is 57.5 Å². The minimum absolute atomic E-state index is 0.895. The van der Waals surface area contributed by atoms with E-state index in [1.54, 1.807) is 0 Å². The van der Waals surface area contributed by atoms with Crippen molar-refractivity contribution in [3.8, 4) is 89.5 Å². The quantitative estimate of drug-likeness (QED) is 0.136. The van der Waals surface area contributed by atoms with Gasteiger partial charge in [-0.3, -0.25) is 37.5 Å². The van der Waals surface area contributed by atoms with Gasteiger partial charge in [-0.25, -0.2) is 19.9 Å². The molecule has 33 rings (SSSR count). The molecule has 0 aliphatic carbocycles. The maximum atomic E-state index is 6.15. The summed E-state index contributed by atoms with van der Waals surface area (Å²) in [5.41, 5.74) is 31.9. The minimum Gasteiger partial charge on any atom is -0.456 e. The number of aromatic nitrogens is 12. The van der Waals surface area contributed by atoms with Gasteiger partial charge >= 0.3 is 0 Å². The van der Waals surface area contributed by atoms with Gasteiger partial charge in [0.25, 0.3) is 0 Å². The van der Waals surface area contributed by atoms with Crippen LogP contribution in [-0.4, -0.2) is 57.5 Å². The Morgan fingerprint density at radius 1 is 0.180 bits per heavy atom. The zero-order valence-electron chi connectivity index (χ0n) is 80.5. The maximum Gasteiger partial charge on any atom is 0.137 e. The molecule has 0 aliphatic rings. The molecule has 0 N–H and O–H groups in total. The largest absolute Gasteiger partial charge is 0.456 e. The standard InChI is InChI=1S/C36H21N3O.C36H21N3S.C34H21N3.C30H19N3/c2*1-2-9-28-25(7-1)30-19-24(13-15-29(30)36-35(28)38-34-11-5-6-18-39(34)36)31-20-23(16-17-37-31)22-12-14-27-26-8-3-4-10-32(26)40-33(27)21-22;1-2-10-25-22(8-1)9-7-13-26(25)24-16-18-31(35-21-24)23-15-17-29-30(20-23)27-11-3-4-12-28(27)33-34(29)37-19-6-5-14-32(37)36-33;1-2-8-20(9-3-1)22-14-16-27(31-19-22)21-13-15-25-26(18-21)23-10-4-5-11-24(23)29-30(25)33-17-7-6-12-28(33)32-29/h2*1-21H;1-21H;1-19H. The molecule has 14 heteroatoms. The summed E-state index contributed by atoms with van der Waals surface area (Å²) >= 11 is 1.85. The number of furan rings is 1. The highest BCUT2D eigenvalue weighted by Gasteiger charge is 2.24. The number of thiophene rings is 1. The maximum absolute atomic E-state index is 6.15. The number of pyridine rings is 8. The van der Waals surface area contributed by atoms with Crippen molar-refractivity contribution >= 4 is 217 Å². The van der Waals surface area contributed by atoms with E-state index in [9.17, 15) is 0 Å². The van der Waals surface area contributed by atoms with E-state index in [0.29, 0.717) is 0 Å². The SMILES string of the molecule is c1ccc(-c2ccc(-c3ccc4c(c3)c3ccccc3c3nc5ccccn5c43)nc2)cc1.c1ccc2c(-c3ccc(-c4ccc5c(c4)c4ccccc4c4nc6ccccn6c54)nc3)cccc2c1.c1ccc2c(c1)oc1cc(-c3ccnc(-c4ccc5c(c4)c4ccccc4c4nc6ccccn6c54)c3)ccc12.c1ccc2c(c1)sc1cc(-c3ccnc(-c4ccc5c(c4)c4ccccc4c4nc6ccccn6c54)c3)ccc12. The van der Waals surface area contributed by atoms with Crippen molar-refractivity contribution in [3.05, 3.63) is 498 Å². The van der Waals surface area contributed by atoms with E-state index >= 15 is 0 Å². The summed E-state index contributed by atoms with van der Waals surface area (Å²) in [5.74, 6) is 0. The number of nitrogens with zero attached hydrogens (tertiary/aromatic N) is 12. The average molecular weight is 1930 g/mol. The van der Waals surface area contributed by atoms with Crippen LogP contribution in [0.2, 0.25) is 0 Å². The lowest BCUT2D eigenvalue weighted by Gasteiger charge is -2.10. The summed E-state index contributed by atoms with van der Waals surface area (Å²) in [6, 6.07) is 158. The highest BCUT2D eigenvalue weighted by Crippen LogP contribution is 2.47. The number of rotatable bonds is 8. The monoisotopic (exact) mass is 1930 g/mol. The molecule has 0 bridgehead atoms. The van der Waals surface area contributed by atoms with Gasteiger partial charge in [-0.05, 0) is 227 Å². The number of imidazole rings is 4. The van der Waals surface area contributed by atoms with E-state index in [2.05, 4.69) is 443 Å². The van der Waals surface area contributed by atoms with Crippen LogP contribution in [0.25, 0.3) is 295 Å². The summed E-state index contributed by atoms with van der Waals surface area (Å²) in [7, 11) is 0. The topological polar surface area (TPSA) is 134 Å². The van der Waals surface area contributed by atoms with Crippen molar-refractivity contribution in [2.75, 3.05) is 0 Å². The number of fused-ring (bicyclic) bond motifs is 39. The van der Waals surface area contributed by atoms with E-state index in [4.69, 9.17) is 44.3 Å². The smallest absolute Gasteiger partial charge is 0.137 e. The van der Waals surface area contributed by atoms with Gasteiger partial charge in [0.15, 0.2) is 0 Å². The summed E-state index contributed by atoms with van der Waals surface area (Å²) in [6.07, 6.45) is 16.2. The third-order valence-electron chi connectivity index (χ3n) is 30.0. The van der Waals surface area contributed by atoms with E-state index < -0.39 is 0 Å². The van der Waals surface area contributed by atoms with Crippen LogP contribution in [0.15, 0.2) is 503 Å². The first-order valence-electron chi connectivity index (χ1n) is 50.4. The third-order valence-corrected chi connectivity index (χ3v) is 31.1. The van der Waals surface area contributed by atoms with Crippen LogP contribution in [0, 0.1) is 0 Å². The molecule has 13 nitrogen and oxygen atoms in total. The third kappa shape index (κ3) is 14.2. The molecule has 0 unspecified atom stereocenters. The lowest BCUT2D eigenvalue weighted by Crippen LogP contribution is -1.89. The van der Waals surface area contributed by atoms with Crippen LogP contribution in [-0.2, 0) is 0 Å².